The number of aryl methyl sites for hydroxylation is 1. The summed E-state index contributed by atoms with van der Waals surface area (Å²) < 4.78 is 10.4. The van der Waals surface area contributed by atoms with Crippen LogP contribution in [0.25, 0.3) is 0 Å². The van der Waals surface area contributed by atoms with Crippen LogP contribution < -0.4 is 31.0 Å². The number of methoxy groups -OCH3 is 1. The minimum absolute atomic E-state index is 0.0937. The van der Waals surface area contributed by atoms with Gasteiger partial charge in [0.05, 0.1) is 7.11 Å². The standard InChI is InChI=1S/C25H24N4O5S/c1-16-5-3-4-6-21(16)24(32)26-18-9-7-17(8-10-18)23(31)28-29-25(35)27-22(30)15-34-20-13-11-19(33-2)12-14-20/h3-14H,15H2,1-2H3,(H,26,32)(H,28,31)(H2,27,29,30,35). The summed E-state index contributed by atoms with van der Waals surface area (Å²) in [6.07, 6.45) is 0. The van der Waals surface area contributed by atoms with E-state index in [4.69, 9.17) is 21.7 Å². The van der Waals surface area contributed by atoms with Gasteiger partial charge in [-0.3, -0.25) is 30.6 Å². The van der Waals surface area contributed by atoms with Crippen LogP contribution >= 0.6 is 12.2 Å². The fourth-order valence-electron chi connectivity index (χ4n) is 2.93. The van der Waals surface area contributed by atoms with Gasteiger partial charge in [-0.25, -0.2) is 0 Å². The molecule has 3 amide bonds. The third-order valence-electron chi connectivity index (χ3n) is 4.77. The van der Waals surface area contributed by atoms with Crippen molar-refractivity contribution in [2.75, 3.05) is 19.0 Å². The van der Waals surface area contributed by atoms with Crippen LogP contribution in [0.3, 0.4) is 0 Å². The minimum atomic E-state index is -0.499. The molecule has 0 atom stereocenters. The zero-order chi connectivity index (χ0) is 25.2. The van der Waals surface area contributed by atoms with Crippen LogP contribution in [0.4, 0.5) is 5.69 Å². The van der Waals surface area contributed by atoms with Gasteiger partial charge < -0.3 is 14.8 Å². The number of hydrazine groups is 1. The molecule has 180 valence electrons. The summed E-state index contributed by atoms with van der Waals surface area (Å²) in [6.45, 7) is 1.59. The van der Waals surface area contributed by atoms with Crippen molar-refractivity contribution in [3.8, 4) is 11.5 Å². The van der Waals surface area contributed by atoms with Gasteiger partial charge in [0.25, 0.3) is 17.7 Å². The Morgan fingerprint density at radius 2 is 1.49 bits per heavy atom. The second kappa shape index (κ2) is 12.1. The zero-order valence-electron chi connectivity index (χ0n) is 19.1. The number of hydrogen-bond donors (Lipinski definition) is 4. The van der Waals surface area contributed by atoms with Gasteiger partial charge in [0.2, 0.25) is 0 Å². The molecule has 0 radical (unpaired) electrons. The van der Waals surface area contributed by atoms with E-state index in [0.29, 0.717) is 28.3 Å². The van der Waals surface area contributed by atoms with E-state index in [-0.39, 0.29) is 17.6 Å². The summed E-state index contributed by atoms with van der Waals surface area (Å²) in [5.74, 6) is -0.0514. The third kappa shape index (κ3) is 7.54. The van der Waals surface area contributed by atoms with Crippen LogP contribution in [0.15, 0.2) is 72.8 Å². The van der Waals surface area contributed by atoms with Crippen molar-refractivity contribution in [3.05, 3.63) is 89.5 Å². The van der Waals surface area contributed by atoms with Crippen molar-refractivity contribution in [1.29, 1.82) is 0 Å². The van der Waals surface area contributed by atoms with Crippen LogP contribution in [0.1, 0.15) is 26.3 Å². The Bertz CT molecular complexity index is 1210. The molecule has 0 unspecified atom stereocenters. The molecule has 0 fully saturated rings. The molecule has 9 nitrogen and oxygen atoms in total. The molecule has 0 saturated carbocycles. The number of hydrogen-bond acceptors (Lipinski definition) is 6. The highest BCUT2D eigenvalue weighted by molar-refractivity contribution is 7.80. The molecule has 0 aliphatic carbocycles. The number of thiocarbonyl (C=S) groups is 1. The summed E-state index contributed by atoms with van der Waals surface area (Å²) in [5.41, 5.74) is 7.16. The Morgan fingerprint density at radius 1 is 0.829 bits per heavy atom. The summed E-state index contributed by atoms with van der Waals surface area (Å²) in [5, 5.41) is 5.10. The number of benzene rings is 3. The topological polar surface area (TPSA) is 118 Å². The number of anilines is 1. The first-order chi connectivity index (χ1) is 16.9. The number of carbonyl (C=O) groups is 3. The van der Waals surface area contributed by atoms with Crippen LogP contribution in [0.2, 0.25) is 0 Å². The monoisotopic (exact) mass is 492 g/mol. The Labute approximate surface area is 207 Å². The van der Waals surface area contributed by atoms with Gasteiger partial charge in [-0.05, 0) is 79.3 Å². The fourth-order valence-corrected chi connectivity index (χ4v) is 3.10. The highest BCUT2D eigenvalue weighted by Gasteiger charge is 2.11. The summed E-state index contributed by atoms with van der Waals surface area (Å²) in [4.78, 5) is 36.7. The van der Waals surface area contributed by atoms with E-state index >= 15 is 0 Å². The second-order valence-electron chi connectivity index (χ2n) is 7.27. The molecule has 35 heavy (non-hydrogen) atoms. The van der Waals surface area contributed by atoms with Gasteiger partial charge in [0, 0.05) is 16.8 Å². The quantitative estimate of drug-likeness (QED) is 0.296. The Hall–Kier alpha value is -4.44. The van der Waals surface area contributed by atoms with Gasteiger partial charge in [-0.1, -0.05) is 18.2 Å². The lowest BCUT2D eigenvalue weighted by molar-refractivity contribution is -0.121. The summed E-state index contributed by atoms with van der Waals surface area (Å²) >= 11 is 5.01. The molecule has 3 aromatic rings. The van der Waals surface area contributed by atoms with E-state index in [2.05, 4.69) is 21.5 Å². The molecule has 3 aromatic carbocycles. The molecule has 0 aliphatic heterocycles. The number of carbonyl (C=O) groups excluding carboxylic acids is 3. The molecule has 0 saturated heterocycles. The maximum absolute atomic E-state index is 12.4. The van der Waals surface area contributed by atoms with Crippen molar-refractivity contribution < 1.29 is 23.9 Å². The van der Waals surface area contributed by atoms with Gasteiger partial charge in [0.15, 0.2) is 11.7 Å². The molecule has 3 rings (SSSR count). The Morgan fingerprint density at radius 3 is 2.14 bits per heavy atom. The first kappa shape index (κ1) is 25.2. The molecule has 10 heteroatoms. The Balaban J connectivity index is 1.42. The zero-order valence-corrected chi connectivity index (χ0v) is 19.9. The van der Waals surface area contributed by atoms with Crippen molar-refractivity contribution >= 4 is 40.7 Å². The highest BCUT2D eigenvalue weighted by Crippen LogP contribution is 2.17. The van der Waals surface area contributed by atoms with Crippen LogP contribution in [-0.4, -0.2) is 36.6 Å². The van der Waals surface area contributed by atoms with Crippen LogP contribution in [0.5, 0.6) is 11.5 Å². The summed E-state index contributed by atoms with van der Waals surface area (Å²) in [6, 6.07) is 20.3. The third-order valence-corrected chi connectivity index (χ3v) is 4.97. The molecular weight excluding hydrogens is 468 g/mol. The molecular formula is C25H24N4O5S. The van der Waals surface area contributed by atoms with Gasteiger partial charge >= 0.3 is 0 Å². The van der Waals surface area contributed by atoms with Crippen molar-refractivity contribution in [3.63, 3.8) is 0 Å². The lowest BCUT2D eigenvalue weighted by Crippen LogP contribution is -2.49. The lowest BCUT2D eigenvalue weighted by Gasteiger charge is -2.12. The van der Waals surface area contributed by atoms with Crippen molar-refractivity contribution in [2.45, 2.75) is 6.92 Å². The average Bonchev–Trinajstić information content (AvgIpc) is 2.87. The summed E-state index contributed by atoms with van der Waals surface area (Å²) in [7, 11) is 1.55. The number of amides is 3. The average molecular weight is 493 g/mol. The first-order valence-electron chi connectivity index (χ1n) is 10.5. The lowest BCUT2D eigenvalue weighted by atomic mass is 10.1. The van der Waals surface area contributed by atoms with E-state index in [1.165, 1.54) is 0 Å². The Kier molecular flexibility index (Phi) is 8.74. The van der Waals surface area contributed by atoms with E-state index < -0.39 is 11.8 Å². The minimum Gasteiger partial charge on any atom is -0.497 e. The van der Waals surface area contributed by atoms with Crippen molar-refractivity contribution in [2.24, 2.45) is 0 Å². The van der Waals surface area contributed by atoms with E-state index in [1.807, 2.05) is 19.1 Å². The van der Waals surface area contributed by atoms with E-state index in [9.17, 15) is 14.4 Å². The first-order valence-corrected chi connectivity index (χ1v) is 10.9. The predicted molar refractivity (Wildman–Crippen MR) is 135 cm³/mol. The number of nitrogens with one attached hydrogen (secondary N) is 4. The highest BCUT2D eigenvalue weighted by atomic mass is 32.1. The van der Waals surface area contributed by atoms with E-state index in [1.54, 1.807) is 67.8 Å². The van der Waals surface area contributed by atoms with Crippen LogP contribution in [0, 0.1) is 6.92 Å². The van der Waals surface area contributed by atoms with Gasteiger partial charge in [-0.2, -0.15) is 0 Å². The number of rotatable bonds is 7. The van der Waals surface area contributed by atoms with Crippen molar-refractivity contribution in [1.82, 2.24) is 16.2 Å². The van der Waals surface area contributed by atoms with Gasteiger partial charge in [0.1, 0.15) is 11.5 Å². The molecule has 0 aromatic heterocycles. The van der Waals surface area contributed by atoms with Crippen LogP contribution in [-0.2, 0) is 4.79 Å². The maximum atomic E-state index is 12.4. The van der Waals surface area contributed by atoms with Gasteiger partial charge in [-0.15, -0.1) is 0 Å². The molecule has 4 N–H and O–H groups in total. The fraction of sp³-hybridized carbons (Fsp3) is 0.120. The molecule has 0 bridgehead atoms. The maximum Gasteiger partial charge on any atom is 0.269 e. The predicted octanol–water partition coefficient (Wildman–Crippen LogP) is 2.97. The number of ether oxygens (including phenoxy) is 2. The smallest absolute Gasteiger partial charge is 0.269 e. The van der Waals surface area contributed by atoms with E-state index in [0.717, 1.165) is 5.56 Å². The normalized spacial score (nSPS) is 10.0. The SMILES string of the molecule is COc1ccc(OCC(=O)NC(=S)NNC(=O)c2ccc(NC(=O)c3ccccc3C)cc2)cc1. The molecule has 0 aliphatic rings. The second-order valence-corrected chi connectivity index (χ2v) is 7.68. The molecule has 0 spiro atoms. The molecule has 0 heterocycles. The largest absolute Gasteiger partial charge is 0.497 e.